The lowest BCUT2D eigenvalue weighted by atomic mass is 10.2. The van der Waals surface area contributed by atoms with Crippen LogP contribution < -0.4 is 10.2 Å². The first kappa shape index (κ1) is 19.1. The number of nitrogens with one attached hydrogen (secondary N) is 1. The zero-order valence-electron chi connectivity index (χ0n) is 15.0. The number of hydrogen-bond acceptors (Lipinski definition) is 4. The van der Waals surface area contributed by atoms with Crippen LogP contribution in [0.1, 0.15) is 6.42 Å². The second-order valence-corrected chi connectivity index (χ2v) is 8.44. The number of hydrogen-bond donors (Lipinski definition) is 1. The molecule has 0 aliphatic carbocycles. The van der Waals surface area contributed by atoms with Crippen molar-refractivity contribution in [1.29, 1.82) is 0 Å². The molecule has 0 saturated carbocycles. The van der Waals surface area contributed by atoms with Gasteiger partial charge in [-0.05, 0) is 30.3 Å². The lowest BCUT2D eigenvalue weighted by molar-refractivity contribution is -0.132. The van der Waals surface area contributed by atoms with E-state index in [1.54, 1.807) is 35.2 Å². The minimum atomic E-state index is -0.467. The third-order valence-corrected chi connectivity index (χ3v) is 6.46. The molecule has 0 radical (unpaired) electrons. The minimum Gasteiger partial charge on any atom is -0.366 e. The van der Waals surface area contributed by atoms with E-state index >= 15 is 0 Å². The molecule has 28 heavy (non-hydrogen) atoms. The van der Waals surface area contributed by atoms with Gasteiger partial charge in [-0.25, -0.2) is 4.39 Å². The molecule has 2 aromatic carbocycles. The third kappa shape index (κ3) is 3.95. The summed E-state index contributed by atoms with van der Waals surface area (Å²) in [4.78, 5) is 29.7. The Hall–Kier alpha value is -2.25. The van der Waals surface area contributed by atoms with Gasteiger partial charge < -0.3 is 15.1 Å². The Balaban J connectivity index is 1.35. The van der Waals surface area contributed by atoms with Gasteiger partial charge in [-0.1, -0.05) is 23.7 Å². The number of amides is 2. The molecule has 146 valence electrons. The molecule has 0 unspecified atom stereocenters. The Morgan fingerprint density at radius 1 is 1.18 bits per heavy atom. The van der Waals surface area contributed by atoms with Crippen molar-refractivity contribution in [2.24, 2.45) is 0 Å². The van der Waals surface area contributed by atoms with E-state index in [9.17, 15) is 14.0 Å². The summed E-state index contributed by atoms with van der Waals surface area (Å²) in [5.74, 6) is -0.493. The molecule has 2 aliphatic heterocycles. The molecule has 1 atom stereocenters. The summed E-state index contributed by atoms with van der Waals surface area (Å²) in [6, 6.07) is 12.0. The molecular weight excluding hydrogens is 401 g/mol. The van der Waals surface area contributed by atoms with Crippen LogP contribution in [0.2, 0.25) is 5.02 Å². The lowest BCUT2D eigenvalue weighted by Gasteiger charge is -2.37. The van der Waals surface area contributed by atoms with Crippen LogP contribution in [0.15, 0.2) is 47.4 Å². The molecule has 0 aromatic heterocycles. The summed E-state index contributed by atoms with van der Waals surface area (Å²) < 4.78 is 14.0. The normalized spacial score (nSPS) is 19.2. The molecule has 1 fully saturated rings. The molecule has 0 spiro atoms. The molecule has 4 rings (SSSR count). The maximum atomic E-state index is 14.0. The highest BCUT2D eigenvalue weighted by Gasteiger charge is 2.31. The van der Waals surface area contributed by atoms with E-state index in [-0.39, 0.29) is 24.1 Å². The van der Waals surface area contributed by atoms with Crippen LogP contribution in [0, 0.1) is 5.82 Å². The largest absolute Gasteiger partial charge is 0.366 e. The smallest absolute Gasteiger partial charge is 0.238 e. The van der Waals surface area contributed by atoms with Gasteiger partial charge >= 0.3 is 0 Å². The molecule has 1 saturated heterocycles. The van der Waals surface area contributed by atoms with Crippen molar-refractivity contribution < 1.29 is 14.0 Å². The first-order valence-electron chi connectivity index (χ1n) is 9.05. The van der Waals surface area contributed by atoms with E-state index < -0.39 is 5.25 Å². The summed E-state index contributed by atoms with van der Waals surface area (Å²) in [6.45, 7) is 2.16. The summed E-state index contributed by atoms with van der Waals surface area (Å²) in [7, 11) is 0. The van der Waals surface area contributed by atoms with Crippen LogP contribution in [-0.4, -0.2) is 48.1 Å². The Morgan fingerprint density at radius 2 is 1.93 bits per heavy atom. The van der Waals surface area contributed by atoms with Crippen LogP contribution in [0.25, 0.3) is 0 Å². The fraction of sp³-hybridized carbons (Fsp3) is 0.300. The molecule has 5 nitrogen and oxygen atoms in total. The van der Waals surface area contributed by atoms with Crippen LogP contribution in [0.4, 0.5) is 15.8 Å². The van der Waals surface area contributed by atoms with Gasteiger partial charge in [0.2, 0.25) is 11.8 Å². The highest BCUT2D eigenvalue weighted by atomic mass is 35.5. The number of anilines is 2. The third-order valence-electron chi connectivity index (χ3n) is 4.95. The van der Waals surface area contributed by atoms with Gasteiger partial charge in [0.1, 0.15) is 5.82 Å². The molecule has 1 N–H and O–H groups in total. The monoisotopic (exact) mass is 419 g/mol. The molecule has 2 heterocycles. The van der Waals surface area contributed by atoms with Crippen molar-refractivity contribution in [2.45, 2.75) is 16.6 Å². The fourth-order valence-electron chi connectivity index (χ4n) is 3.45. The van der Waals surface area contributed by atoms with Crippen LogP contribution in [-0.2, 0) is 9.59 Å². The van der Waals surface area contributed by atoms with Gasteiger partial charge in [-0.2, -0.15) is 0 Å². The van der Waals surface area contributed by atoms with Gasteiger partial charge in [-0.15, -0.1) is 11.8 Å². The number of carbonyl (C=O) groups excluding carboxylic acids is 2. The fourth-order valence-corrected chi connectivity index (χ4v) is 4.70. The summed E-state index contributed by atoms with van der Waals surface area (Å²) in [5.41, 5.74) is 1.25. The zero-order chi connectivity index (χ0) is 19.7. The molecule has 0 bridgehead atoms. The molecule has 2 aliphatic rings. The van der Waals surface area contributed by atoms with Crippen molar-refractivity contribution in [3.63, 3.8) is 0 Å². The second-order valence-electron chi connectivity index (χ2n) is 6.76. The predicted octanol–water partition coefficient (Wildman–Crippen LogP) is 3.63. The number of para-hydroxylation sites is 1. The van der Waals surface area contributed by atoms with Crippen molar-refractivity contribution in [2.75, 3.05) is 36.4 Å². The average Bonchev–Trinajstić information content (AvgIpc) is 2.69. The molecule has 8 heteroatoms. The van der Waals surface area contributed by atoms with Gasteiger partial charge in [0.25, 0.3) is 0 Å². The first-order valence-corrected chi connectivity index (χ1v) is 10.3. The Morgan fingerprint density at radius 3 is 2.68 bits per heavy atom. The van der Waals surface area contributed by atoms with E-state index in [2.05, 4.69) is 5.32 Å². The van der Waals surface area contributed by atoms with Crippen molar-refractivity contribution in [1.82, 2.24) is 4.90 Å². The predicted molar refractivity (Wildman–Crippen MR) is 110 cm³/mol. The number of nitrogens with zero attached hydrogens (tertiary/aromatic N) is 2. The highest BCUT2D eigenvalue weighted by Crippen LogP contribution is 2.38. The van der Waals surface area contributed by atoms with Gasteiger partial charge in [0.15, 0.2) is 0 Å². The SMILES string of the molecule is O=C1Nc2cc(Cl)ccc2S[C@@H]1CC(=O)N1CCN(c2ccccc2F)CC1. The Kier molecular flexibility index (Phi) is 5.46. The van der Waals surface area contributed by atoms with Crippen LogP contribution in [0.5, 0.6) is 0 Å². The number of carbonyl (C=O) groups is 2. The summed E-state index contributed by atoms with van der Waals surface area (Å²) in [6.07, 6.45) is 0.137. The van der Waals surface area contributed by atoms with E-state index in [1.165, 1.54) is 17.8 Å². The zero-order valence-corrected chi connectivity index (χ0v) is 16.6. The maximum Gasteiger partial charge on any atom is 0.238 e. The standard InChI is InChI=1S/C20H19ClFN3O2S/c21-13-5-6-17-15(11-13)23-20(27)18(28-17)12-19(26)25-9-7-24(8-10-25)16-4-2-1-3-14(16)22/h1-6,11,18H,7-10,12H2,(H,23,27)/t18-/m1/s1. The van der Waals surface area contributed by atoms with Crippen LogP contribution in [0.3, 0.4) is 0 Å². The van der Waals surface area contributed by atoms with Crippen molar-refractivity contribution in [3.05, 3.63) is 53.3 Å². The van der Waals surface area contributed by atoms with E-state index in [0.29, 0.717) is 42.6 Å². The number of thioether (sulfide) groups is 1. The topological polar surface area (TPSA) is 52.7 Å². The first-order chi connectivity index (χ1) is 13.5. The lowest BCUT2D eigenvalue weighted by Crippen LogP contribution is -2.50. The number of rotatable bonds is 3. The molecule has 2 amide bonds. The maximum absolute atomic E-state index is 14.0. The molecule has 2 aromatic rings. The van der Waals surface area contributed by atoms with Crippen LogP contribution >= 0.6 is 23.4 Å². The van der Waals surface area contributed by atoms with Gasteiger partial charge in [-0.3, -0.25) is 9.59 Å². The van der Waals surface area contributed by atoms with E-state index in [0.717, 1.165) is 4.90 Å². The minimum absolute atomic E-state index is 0.0572. The second kappa shape index (κ2) is 8.01. The summed E-state index contributed by atoms with van der Waals surface area (Å²) in [5, 5.41) is 2.92. The van der Waals surface area contributed by atoms with Gasteiger partial charge in [0, 0.05) is 42.5 Å². The summed E-state index contributed by atoms with van der Waals surface area (Å²) >= 11 is 7.35. The van der Waals surface area contributed by atoms with Gasteiger partial charge in [0.05, 0.1) is 16.6 Å². The number of halogens is 2. The van der Waals surface area contributed by atoms with Crippen molar-refractivity contribution >= 4 is 46.6 Å². The van der Waals surface area contributed by atoms with Crippen molar-refractivity contribution in [3.8, 4) is 0 Å². The average molecular weight is 420 g/mol. The highest BCUT2D eigenvalue weighted by molar-refractivity contribution is 8.01. The van der Waals surface area contributed by atoms with E-state index in [4.69, 9.17) is 11.6 Å². The Bertz CT molecular complexity index is 918. The number of benzene rings is 2. The van der Waals surface area contributed by atoms with E-state index in [1.807, 2.05) is 11.0 Å². The number of piperazine rings is 1. The molecular formula is C20H19ClFN3O2S. The number of fused-ring (bicyclic) bond motifs is 1. The quantitative estimate of drug-likeness (QED) is 0.825. The Labute approximate surface area is 171 Å².